The standard InChI is InChI=1S/C17H15ClN2O4/c18-13-5-1-12(2-6-13)17(23)19-14-7-3-11(4-8-14)15(20-24)9-10-16(21)22/h1-8,15H,9-10H2,(H,19,23)(H,21,22). The molecule has 0 saturated carbocycles. The van der Waals surface area contributed by atoms with E-state index in [2.05, 4.69) is 10.5 Å². The topological polar surface area (TPSA) is 95.8 Å². The minimum Gasteiger partial charge on any atom is -0.481 e. The summed E-state index contributed by atoms with van der Waals surface area (Å²) in [6.07, 6.45) is 0.000768. The molecule has 1 unspecified atom stereocenters. The highest BCUT2D eigenvalue weighted by atomic mass is 35.5. The fourth-order valence-electron chi connectivity index (χ4n) is 2.13. The third kappa shape index (κ3) is 4.89. The molecule has 0 fully saturated rings. The van der Waals surface area contributed by atoms with E-state index < -0.39 is 12.0 Å². The van der Waals surface area contributed by atoms with Crippen LogP contribution in [0.4, 0.5) is 5.69 Å². The summed E-state index contributed by atoms with van der Waals surface area (Å²) >= 11 is 5.78. The van der Waals surface area contributed by atoms with Gasteiger partial charge in [-0.1, -0.05) is 28.9 Å². The first-order valence-electron chi connectivity index (χ1n) is 7.20. The van der Waals surface area contributed by atoms with Crippen LogP contribution in [0, 0.1) is 4.91 Å². The van der Waals surface area contributed by atoms with Crippen LogP contribution in [0.2, 0.25) is 5.02 Å². The lowest BCUT2D eigenvalue weighted by Crippen LogP contribution is -2.11. The van der Waals surface area contributed by atoms with Gasteiger partial charge in [0.2, 0.25) is 0 Å². The first kappa shape index (κ1) is 17.6. The Hall–Kier alpha value is -2.73. The van der Waals surface area contributed by atoms with Gasteiger partial charge < -0.3 is 10.4 Å². The van der Waals surface area contributed by atoms with Crippen LogP contribution in [0.1, 0.15) is 34.8 Å². The van der Waals surface area contributed by atoms with Crippen LogP contribution in [-0.2, 0) is 4.79 Å². The highest BCUT2D eigenvalue weighted by Gasteiger charge is 2.14. The van der Waals surface area contributed by atoms with E-state index in [1.807, 2.05) is 0 Å². The van der Waals surface area contributed by atoms with Gasteiger partial charge in [-0.2, -0.15) is 4.91 Å². The number of amides is 1. The SMILES string of the molecule is O=NC(CCC(=O)O)c1ccc(NC(=O)c2ccc(Cl)cc2)cc1. The van der Waals surface area contributed by atoms with Crippen molar-refractivity contribution in [2.45, 2.75) is 18.9 Å². The number of hydrogen-bond donors (Lipinski definition) is 2. The lowest BCUT2D eigenvalue weighted by atomic mass is 10.0. The molecule has 0 aliphatic rings. The van der Waals surface area contributed by atoms with Crippen LogP contribution >= 0.6 is 11.6 Å². The number of hydrogen-bond acceptors (Lipinski definition) is 4. The van der Waals surface area contributed by atoms with E-state index in [0.29, 0.717) is 21.8 Å². The van der Waals surface area contributed by atoms with Gasteiger partial charge >= 0.3 is 5.97 Å². The first-order valence-corrected chi connectivity index (χ1v) is 7.58. The number of nitrogens with one attached hydrogen (secondary N) is 1. The number of carboxylic acid groups (broad SMARTS) is 1. The molecule has 0 spiro atoms. The number of benzene rings is 2. The van der Waals surface area contributed by atoms with Crippen molar-refractivity contribution < 1.29 is 14.7 Å². The average molecular weight is 347 g/mol. The molecule has 2 aromatic carbocycles. The summed E-state index contributed by atoms with van der Waals surface area (Å²) in [5.74, 6) is -1.26. The Morgan fingerprint density at radius 1 is 1.08 bits per heavy atom. The van der Waals surface area contributed by atoms with Gasteiger partial charge in [0.1, 0.15) is 6.04 Å². The molecule has 2 N–H and O–H groups in total. The van der Waals surface area contributed by atoms with Gasteiger partial charge in [0.15, 0.2) is 0 Å². The van der Waals surface area contributed by atoms with Crippen LogP contribution in [0.3, 0.4) is 0 Å². The van der Waals surface area contributed by atoms with E-state index in [4.69, 9.17) is 16.7 Å². The maximum atomic E-state index is 12.1. The Balaban J connectivity index is 2.03. The van der Waals surface area contributed by atoms with E-state index in [9.17, 15) is 14.5 Å². The molecule has 124 valence electrons. The Morgan fingerprint density at radius 2 is 1.71 bits per heavy atom. The molecule has 0 aliphatic carbocycles. The molecule has 0 saturated heterocycles. The second kappa shape index (κ2) is 8.21. The maximum Gasteiger partial charge on any atom is 0.303 e. The van der Waals surface area contributed by atoms with Crippen molar-refractivity contribution in [3.05, 3.63) is 69.6 Å². The molecule has 2 aromatic rings. The second-order valence-electron chi connectivity index (χ2n) is 5.14. The number of rotatable bonds is 7. The summed E-state index contributed by atoms with van der Waals surface area (Å²) < 4.78 is 0. The molecule has 24 heavy (non-hydrogen) atoms. The number of aliphatic carboxylic acids is 1. The van der Waals surface area contributed by atoms with Crippen molar-refractivity contribution >= 4 is 29.2 Å². The van der Waals surface area contributed by atoms with E-state index in [-0.39, 0.29) is 18.7 Å². The van der Waals surface area contributed by atoms with Gasteiger partial charge in [-0.25, -0.2) is 0 Å². The van der Waals surface area contributed by atoms with Crippen molar-refractivity contribution in [3.8, 4) is 0 Å². The van der Waals surface area contributed by atoms with Crippen LogP contribution in [0.25, 0.3) is 0 Å². The number of nitroso groups, excluding NO2 is 1. The molecule has 0 aromatic heterocycles. The molecule has 1 amide bonds. The summed E-state index contributed by atoms with van der Waals surface area (Å²) in [6.45, 7) is 0. The Morgan fingerprint density at radius 3 is 2.25 bits per heavy atom. The normalized spacial score (nSPS) is 11.5. The lowest BCUT2D eigenvalue weighted by molar-refractivity contribution is -0.137. The quantitative estimate of drug-likeness (QED) is 0.732. The van der Waals surface area contributed by atoms with Crippen LogP contribution in [0.5, 0.6) is 0 Å². The molecule has 2 rings (SSSR count). The minimum absolute atomic E-state index is 0.133. The second-order valence-corrected chi connectivity index (χ2v) is 5.57. The zero-order valence-corrected chi connectivity index (χ0v) is 13.4. The Labute approximate surface area is 143 Å². The Kier molecular flexibility index (Phi) is 6.03. The molecule has 0 radical (unpaired) electrons. The molecule has 7 heteroatoms. The largest absolute Gasteiger partial charge is 0.481 e. The van der Waals surface area contributed by atoms with Crippen molar-refractivity contribution in [1.29, 1.82) is 0 Å². The van der Waals surface area contributed by atoms with E-state index in [1.165, 1.54) is 0 Å². The number of carboxylic acids is 1. The fourth-order valence-corrected chi connectivity index (χ4v) is 2.26. The number of carbonyl (C=O) groups is 2. The molecular formula is C17H15ClN2O4. The number of carbonyl (C=O) groups excluding carboxylic acids is 1. The number of nitrogens with zero attached hydrogens (tertiary/aromatic N) is 1. The van der Waals surface area contributed by atoms with E-state index in [1.54, 1.807) is 48.5 Å². The highest BCUT2D eigenvalue weighted by molar-refractivity contribution is 6.30. The minimum atomic E-state index is -0.976. The molecule has 6 nitrogen and oxygen atoms in total. The fraction of sp³-hybridized carbons (Fsp3) is 0.176. The average Bonchev–Trinajstić information content (AvgIpc) is 2.57. The maximum absolute atomic E-state index is 12.1. The molecular weight excluding hydrogens is 332 g/mol. The molecule has 0 bridgehead atoms. The predicted molar refractivity (Wildman–Crippen MR) is 91.3 cm³/mol. The van der Waals surface area contributed by atoms with E-state index in [0.717, 1.165) is 0 Å². The zero-order valence-electron chi connectivity index (χ0n) is 12.6. The van der Waals surface area contributed by atoms with Crippen LogP contribution < -0.4 is 5.32 Å². The van der Waals surface area contributed by atoms with Crippen LogP contribution in [0.15, 0.2) is 53.7 Å². The summed E-state index contributed by atoms with van der Waals surface area (Å²) in [5, 5.41) is 14.9. The third-order valence-corrected chi connectivity index (χ3v) is 3.67. The third-order valence-electron chi connectivity index (χ3n) is 3.42. The van der Waals surface area contributed by atoms with Gasteiger partial charge in [-0.05, 0) is 48.4 Å². The van der Waals surface area contributed by atoms with Gasteiger partial charge in [0.05, 0.1) is 0 Å². The highest BCUT2D eigenvalue weighted by Crippen LogP contribution is 2.24. The Bertz CT molecular complexity index is 729. The summed E-state index contributed by atoms with van der Waals surface area (Å²) in [4.78, 5) is 33.5. The lowest BCUT2D eigenvalue weighted by Gasteiger charge is -2.10. The van der Waals surface area contributed by atoms with Gasteiger partial charge in [0, 0.05) is 22.7 Å². The number of halogens is 1. The van der Waals surface area contributed by atoms with Gasteiger partial charge in [-0.3, -0.25) is 9.59 Å². The monoisotopic (exact) mass is 346 g/mol. The smallest absolute Gasteiger partial charge is 0.303 e. The van der Waals surface area contributed by atoms with Crippen molar-refractivity contribution in [2.75, 3.05) is 5.32 Å². The summed E-state index contributed by atoms with van der Waals surface area (Å²) in [6, 6.07) is 12.3. The zero-order chi connectivity index (χ0) is 17.5. The summed E-state index contributed by atoms with van der Waals surface area (Å²) in [5.41, 5.74) is 1.63. The van der Waals surface area contributed by atoms with Crippen molar-refractivity contribution in [1.82, 2.24) is 0 Å². The predicted octanol–water partition coefficient (Wildman–Crippen LogP) is 4.26. The van der Waals surface area contributed by atoms with Crippen LogP contribution in [-0.4, -0.2) is 17.0 Å². The van der Waals surface area contributed by atoms with Crippen molar-refractivity contribution in [3.63, 3.8) is 0 Å². The van der Waals surface area contributed by atoms with Gasteiger partial charge in [-0.15, -0.1) is 0 Å². The first-order chi connectivity index (χ1) is 11.5. The van der Waals surface area contributed by atoms with E-state index >= 15 is 0 Å². The molecule has 1 atom stereocenters. The molecule has 0 heterocycles. The molecule has 0 aliphatic heterocycles. The van der Waals surface area contributed by atoms with Gasteiger partial charge in [0.25, 0.3) is 5.91 Å². The summed E-state index contributed by atoms with van der Waals surface area (Å²) in [7, 11) is 0. The number of anilines is 1. The van der Waals surface area contributed by atoms with Crippen molar-refractivity contribution in [2.24, 2.45) is 5.18 Å².